The van der Waals surface area contributed by atoms with Crippen molar-refractivity contribution in [1.82, 2.24) is 14.9 Å². The van der Waals surface area contributed by atoms with E-state index >= 15 is 0 Å². The zero-order valence-corrected chi connectivity index (χ0v) is 10.8. The first-order valence-electron chi connectivity index (χ1n) is 6.60. The fourth-order valence-electron chi connectivity index (χ4n) is 2.31. The Morgan fingerprint density at radius 2 is 2.22 bits per heavy atom. The van der Waals surface area contributed by atoms with E-state index in [1.165, 1.54) is 29.7 Å². The van der Waals surface area contributed by atoms with Crippen LogP contribution in [-0.2, 0) is 13.1 Å². The third-order valence-corrected chi connectivity index (χ3v) is 3.40. The fourth-order valence-corrected chi connectivity index (χ4v) is 2.31. The van der Waals surface area contributed by atoms with Crippen LogP contribution in [-0.4, -0.2) is 9.55 Å². The summed E-state index contributed by atoms with van der Waals surface area (Å²) in [5.41, 5.74) is 3.95. The molecule has 1 saturated carbocycles. The van der Waals surface area contributed by atoms with E-state index in [2.05, 4.69) is 46.1 Å². The number of benzene rings is 1. The first kappa shape index (κ1) is 11.5. The summed E-state index contributed by atoms with van der Waals surface area (Å²) < 4.78 is 2.31. The van der Waals surface area contributed by atoms with Gasteiger partial charge in [0.2, 0.25) is 0 Å². The zero-order valence-electron chi connectivity index (χ0n) is 10.8. The molecule has 1 N–H and O–H groups in total. The van der Waals surface area contributed by atoms with Crippen molar-refractivity contribution in [3.05, 3.63) is 53.6 Å². The standard InChI is InChI=1S/C15H19N3/c1-12-3-2-4-13(7-12)8-16-9-15-10-17-11-18(15)14-5-6-14/h2-4,7,10-11,14,16H,5-6,8-9H2,1H3. The topological polar surface area (TPSA) is 29.9 Å². The number of aromatic nitrogens is 2. The second kappa shape index (κ2) is 4.94. The van der Waals surface area contributed by atoms with Crippen molar-refractivity contribution in [2.75, 3.05) is 0 Å². The molecule has 0 amide bonds. The third kappa shape index (κ3) is 2.62. The normalized spacial score (nSPS) is 14.9. The summed E-state index contributed by atoms with van der Waals surface area (Å²) in [6, 6.07) is 9.35. The zero-order chi connectivity index (χ0) is 12.4. The number of rotatable bonds is 5. The van der Waals surface area contributed by atoms with Crippen LogP contribution in [0.4, 0.5) is 0 Å². The molecule has 0 spiro atoms. The molecule has 1 aromatic carbocycles. The van der Waals surface area contributed by atoms with Gasteiger partial charge in [-0.1, -0.05) is 29.8 Å². The number of nitrogens with zero attached hydrogens (tertiary/aromatic N) is 2. The summed E-state index contributed by atoms with van der Waals surface area (Å²) in [6.07, 6.45) is 6.55. The Hall–Kier alpha value is -1.61. The number of hydrogen-bond acceptors (Lipinski definition) is 2. The minimum atomic E-state index is 0.711. The first-order chi connectivity index (χ1) is 8.83. The number of aryl methyl sites for hydroxylation is 1. The van der Waals surface area contributed by atoms with E-state index in [9.17, 15) is 0 Å². The molecule has 1 aliphatic rings. The highest BCUT2D eigenvalue weighted by atomic mass is 15.1. The highest BCUT2D eigenvalue weighted by Gasteiger charge is 2.24. The Morgan fingerprint density at radius 3 is 3.00 bits per heavy atom. The molecule has 3 heteroatoms. The van der Waals surface area contributed by atoms with Crippen molar-refractivity contribution in [2.45, 2.75) is 38.9 Å². The molecule has 3 rings (SSSR count). The maximum atomic E-state index is 4.25. The van der Waals surface area contributed by atoms with E-state index < -0.39 is 0 Å². The molecule has 1 aromatic heterocycles. The van der Waals surface area contributed by atoms with E-state index in [1.54, 1.807) is 0 Å². The molecule has 94 valence electrons. The van der Waals surface area contributed by atoms with Crippen LogP contribution < -0.4 is 5.32 Å². The van der Waals surface area contributed by atoms with Crippen LogP contribution >= 0.6 is 0 Å². The van der Waals surface area contributed by atoms with E-state index in [-0.39, 0.29) is 0 Å². The van der Waals surface area contributed by atoms with Gasteiger partial charge >= 0.3 is 0 Å². The minimum Gasteiger partial charge on any atom is -0.330 e. The molecule has 0 unspecified atom stereocenters. The van der Waals surface area contributed by atoms with E-state index in [1.807, 2.05) is 12.5 Å². The summed E-state index contributed by atoms with van der Waals surface area (Å²) in [6.45, 7) is 3.94. The van der Waals surface area contributed by atoms with Crippen LogP contribution in [0.15, 0.2) is 36.8 Å². The molecule has 1 aliphatic carbocycles. The average molecular weight is 241 g/mol. The van der Waals surface area contributed by atoms with Crippen LogP contribution in [0.3, 0.4) is 0 Å². The summed E-state index contributed by atoms with van der Waals surface area (Å²) >= 11 is 0. The molecule has 18 heavy (non-hydrogen) atoms. The lowest BCUT2D eigenvalue weighted by Gasteiger charge is -2.08. The highest BCUT2D eigenvalue weighted by Crippen LogP contribution is 2.35. The van der Waals surface area contributed by atoms with Gasteiger partial charge in [0.1, 0.15) is 0 Å². The largest absolute Gasteiger partial charge is 0.330 e. The maximum Gasteiger partial charge on any atom is 0.0951 e. The van der Waals surface area contributed by atoms with Crippen molar-refractivity contribution < 1.29 is 0 Å². The molecule has 0 atom stereocenters. The van der Waals surface area contributed by atoms with Gasteiger partial charge in [-0.2, -0.15) is 0 Å². The van der Waals surface area contributed by atoms with Gasteiger partial charge < -0.3 is 9.88 Å². The molecular formula is C15H19N3. The van der Waals surface area contributed by atoms with Crippen LogP contribution in [0.5, 0.6) is 0 Å². The van der Waals surface area contributed by atoms with Gasteiger partial charge in [0.15, 0.2) is 0 Å². The van der Waals surface area contributed by atoms with Gasteiger partial charge in [0.25, 0.3) is 0 Å². The molecule has 0 bridgehead atoms. The fraction of sp³-hybridized carbons (Fsp3) is 0.400. The summed E-state index contributed by atoms with van der Waals surface area (Å²) in [7, 11) is 0. The van der Waals surface area contributed by atoms with Crippen molar-refractivity contribution in [2.24, 2.45) is 0 Å². The Morgan fingerprint density at radius 1 is 1.33 bits per heavy atom. The monoisotopic (exact) mass is 241 g/mol. The van der Waals surface area contributed by atoms with E-state index in [0.29, 0.717) is 6.04 Å². The van der Waals surface area contributed by atoms with Gasteiger partial charge in [-0.3, -0.25) is 0 Å². The SMILES string of the molecule is Cc1cccc(CNCc2cncn2C2CC2)c1. The third-order valence-electron chi connectivity index (χ3n) is 3.40. The summed E-state index contributed by atoms with van der Waals surface area (Å²) in [4.78, 5) is 4.25. The summed E-state index contributed by atoms with van der Waals surface area (Å²) in [5, 5.41) is 3.49. The van der Waals surface area contributed by atoms with Crippen molar-refractivity contribution in [1.29, 1.82) is 0 Å². The molecule has 0 saturated heterocycles. The lowest BCUT2D eigenvalue weighted by atomic mass is 10.1. The van der Waals surface area contributed by atoms with Crippen molar-refractivity contribution in [3.63, 3.8) is 0 Å². The molecule has 1 heterocycles. The van der Waals surface area contributed by atoms with Crippen molar-refractivity contribution in [3.8, 4) is 0 Å². The maximum absolute atomic E-state index is 4.25. The lowest BCUT2D eigenvalue weighted by Crippen LogP contribution is -2.15. The molecular weight excluding hydrogens is 222 g/mol. The highest BCUT2D eigenvalue weighted by molar-refractivity contribution is 5.22. The minimum absolute atomic E-state index is 0.711. The molecule has 0 aliphatic heterocycles. The van der Waals surface area contributed by atoms with E-state index in [4.69, 9.17) is 0 Å². The predicted molar refractivity (Wildman–Crippen MR) is 72.2 cm³/mol. The predicted octanol–water partition coefficient (Wildman–Crippen LogP) is 2.82. The Bertz CT molecular complexity index is 526. The Labute approximate surface area is 108 Å². The Kier molecular flexibility index (Phi) is 3.15. The van der Waals surface area contributed by atoms with Crippen molar-refractivity contribution >= 4 is 0 Å². The number of imidazole rings is 1. The molecule has 3 nitrogen and oxygen atoms in total. The molecule has 1 fully saturated rings. The van der Waals surface area contributed by atoms with Crippen LogP contribution in [0.25, 0.3) is 0 Å². The van der Waals surface area contributed by atoms with Gasteiger partial charge in [0, 0.05) is 25.3 Å². The summed E-state index contributed by atoms with van der Waals surface area (Å²) in [5.74, 6) is 0. The number of nitrogens with one attached hydrogen (secondary N) is 1. The van der Waals surface area contributed by atoms with E-state index in [0.717, 1.165) is 13.1 Å². The second-order valence-corrected chi connectivity index (χ2v) is 5.12. The van der Waals surface area contributed by atoms with Crippen LogP contribution in [0, 0.1) is 6.92 Å². The molecule has 0 radical (unpaired) electrons. The number of hydrogen-bond donors (Lipinski definition) is 1. The smallest absolute Gasteiger partial charge is 0.0951 e. The first-order valence-corrected chi connectivity index (χ1v) is 6.60. The van der Waals surface area contributed by atoms with Crippen LogP contribution in [0.1, 0.15) is 35.7 Å². The van der Waals surface area contributed by atoms with Gasteiger partial charge in [0.05, 0.1) is 12.0 Å². The van der Waals surface area contributed by atoms with Gasteiger partial charge in [-0.15, -0.1) is 0 Å². The van der Waals surface area contributed by atoms with Gasteiger partial charge in [-0.05, 0) is 25.3 Å². The lowest BCUT2D eigenvalue weighted by molar-refractivity contribution is 0.621. The van der Waals surface area contributed by atoms with Gasteiger partial charge in [-0.25, -0.2) is 4.98 Å². The Balaban J connectivity index is 1.56. The second-order valence-electron chi connectivity index (χ2n) is 5.12. The average Bonchev–Trinajstić information content (AvgIpc) is 3.10. The molecule has 2 aromatic rings. The quantitative estimate of drug-likeness (QED) is 0.872. The van der Waals surface area contributed by atoms with Crippen LogP contribution in [0.2, 0.25) is 0 Å².